The topological polar surface area (TPSA) is 70.2 Å². The van der Waals surface area contributed by atoms with Crippen LogP contribution in [0.25, 0.3) is 4.96 Å². The fourth-order valence-electron chi connectivity index (χ4n) is 3.52. The van der Waals surface area contributed by atoms with E-state index in [1.807, 2.05) is 17.5 Å². The number of nitrogens with one attached hydrogen (secondary N) is 1. The van der Waals surface area contributed by atoms with Gasteiger partial charge >= 0.3 is 0 Å². The first-order valence-electron chi connectivity index (χ1n) is 8.30. The lowest BCUT2D eigenvalue weighted by Crippen LogP contribution is -2.15. The number of anilines is 1. The average molecular weight is 371 g/mol. The molecular formula is C18H18N4OS2. The lowest BCUT2D eigenvalue weighted by Gasteiger charge is -2.26. The number of amides is 1. The molecule has 3 aromatic heterocycles. The molecule has 2 atom stereocenters. The van der Waals surface area contributed by atoms with E-state index in [0.29, 0.717) is 27.3 Å². The number of hydrogen-bond donors (Lipinski definition) is 1. The van der Waals surface area contributed by atoms with Crippen LogP contribution in [0.3, 0.4) is 0 Å². The molecule has 0 bridgehead atoms. The minimum atomic E-state index is -0.163. The molecule has 3 heterocycles. The number of fused-ring (bicyclic) bond motifs is 2. The Hall–Kier alpha value is -2.17. The van der Waals surface area contributed by atoms with Crippen LogP contribution in [0.4, 0.5) is 5.00 Å². The van der Waals surface area contributed by atoms with Crippen molar-refractivity contribution in [2.24, 2.45) is 5.92 Å². The van der Waals surface area contributed by atoms with Crippen LogP contribution in [-0.4, -0.2) is 15.3 Å². The van der Waals surface area contributed by atoms with E-state index in [1.54, 1.807) is 17.5 Å². The molecule has 1 aliphatic carbocycles. The number of nitrogens with zero attached hydrogens (tertiary/aromatic N) is 3. The molecule has 7 heteroatoms. The van der Waals surface area contributed by atoms with Gasteiger partial charge in [0, 0.05) is 23.0 Å². The summed E-state index contributed by atoms with van der Waals surface area (Å²) in [6.07, 6.45) is 5.70. The van der Waals surface area contributed by atoms with Gasteiger partial charge in [0.2, 0.25) is 0 Å². The highest BCUT2D eigenvalue weighted by Crippen LogP contribution is 2.45. The Balaban J connectivity index is 1.70. The number of thiazole rings is 1. The minimum absolute atomic E-state index is 0.163. The maximum Gasteiger partial charge on any atom is 0.268 e. The molecule has 0 radical (unpaired) electrons. The summed E-state index contributed by atoms with van der Waals surface area (Å²) in [5.41, 5.74) is 2.66. The Labute approximate surface area is 153 Å². The van der Waals surface area contributed by atoms with Gasteiger partial charge in [-0.25, -0.2) is 4.98 Å². The fraction of sp³-hybridized carbons (Fsp3) is 0.389. The average Bonchev–Trinajstić information content (AvgIpc) is 3.26. The molecule has 2 unspecified atom stereocenters. The summed E-state index contributed by atoms with van der Waals surface area (Å²) in [6, 6.07) is 2.33. The van der Waals surface area contributed by atoms with Crippen molar-refractivity contribution in [1.82, 2.24) is 9.38 Å². The van der Waals surface area contributed by atoms with E-state index in [4.69, 9.17) is 0 Å². The van der Waals surface area contributed by atoms with Gasteiger partial charge in [0.25, 0.3) is 5.91 Å². The standard InChI is InChI=1S/C18H18N4OS2/c1-9-4-5-13-14(10(9)2)12(8-19)17(24-13)21-16(23)15-11(3)22-7-6-20-18(22)25-15/h6-7,9-10H,4-5H2,1-3H3,(H,21,23). The Morgan fingerprint density at radius 2 is 2.24 bits per heavy atom. The van der Waals surface area contributed by atoms with E-state index < -0.39 is 0 Å². The lowest BCUT2D eigenvalue weighted by atomic mass is 9.79. The second-order valence-corrected chi connectivity index (χ2v) is 8.69. The molecule has 0 saturated heterocycles. The third-order valence-corrected chi connectivity index (χ3v) is 7.54. The first kappa shape index (κ1) is 16.3. The van der Waals surface area contributed by atoms with Gasteiger partial charge in [-0.05, 0) is 37.2 Å². The van der Waals surface area contributed by atoms with Crippen LogP contribution in [0.15, 0.2) is 12.4 Å². The second-order valence-electron chi connectivity index (χ2n) is 6.61. The smallest absolute Gasteiger partial charge is 0.268 e. The van der Waals surface area contributed by atoms with Gasteiger partial charge in [-0.1, -0.05) is 25.2 Å². The van der Waals surface area contributed by atoms with Gasteiger partial charge in [0.05, 0.1) is 5.56 Å². The summed E-state index contributed by atoms with van der Waals surface area (Å²) in [6.45, 7) is 6.32. The Kier molecular flexibility index (Phi) is 3.89. The number of nitriles is 1. The number of imidazole rings is 1. The zero-order valence-electron chi connectivity index (χ0n) is 14.3. The van der Waals surface area contributed by atoms with Crippen LogP contribution in [0.2, 0.25) is 0 Å². The van der Waals surface area contributed by atoms with Gasteiger partial charge in [-0.15, -0.1) is 11.3 Å². The van der Waals surface area contributed by atoms with Crippen LogP contribution >= 0.6 is 22.7 Å². The van der Waals surface area contributed by atoms with Crippen molar-refractivity contribution in [2.45, 2.75) is 39.5 Å². The second kappa shape index (κ2) is 5.97. The molecule has 0 aromatic carbocycles. The molecule has 1 N–H and O–H groups in total. The number of rotatable bonds is 2. The van der Waals surface area contributed by atoms with Crippen molar-refractivity contribution in [1.29, 1.82) is 5.26 Å². The Bertz CT molecular complexity index is 1020. The molecular weight excluding hydrogens is 352 g/mol. The highest BCUT2D eigenvalue weighted by molar-refractivity contribution is 7.19. The van der Waals surface area contributed by atoms with Crippen molar-refractivity contribution < 1.29 is 4.79 Å². The lowest BCUT2D eigenvalue weighted by molar-refractivity contribution is 0.103. The molecule has 1 amide bonds. The zero-order chi connectivity index (χ0) is 17.7. The van der Waals surface area contributed by atoms with Crippen LogP contribution in [-0.2, 0) is 6.42 Å². The van der Waals surface area contributed by atoms with Gasteiger partial charge in [0.1, 0.15) is 15.9 Å². The van der Waals surface area contributed by atoms with Gasteiger partial charge in [-0.3, -0.25) is 9.20 Å². The number of thiophene rings is 1. The Morgan fingerprint density at radius 1 is 1.44 bits per heavy atom. The van der Waals surface area contributed by atoms with Crippen molar-refractivity contribution >= 4 is 38.5 Å². The summed E-state index contributed by atoms with van der Waals surface area (Å²) < 4.78 is 1.91. The van der Waals surface area contributed by atoms with Crippen molar-refractivity contribution in [3.05, 3.63) is 39.0 Å². The summed E-state index contributed by atoms with van der Waals surface area (Å²) in [5.74, 6) is 0.751. The van der Waals surface area contributed by atoms with Crippen LogP contribution in [0, 0.1) is 24.2 Å². The number of hydrogen-bond acceptors (Lipinski definition) is 5. The summed E-state index contributed by atoms with van der Waals surface area (Å²) in [7, 11) is 0. The highest BCUT2D eigenvalue weighted by atomic mass is 32.1. The first-order valence-corrected chi connectivity index (χ1v) is 9.94. The van der Waals surface area contributed by atoms with Crippen LogP contribution in [0.5, 0.6) is 0 Å². The van der Waals surface area contributed by atoms with Crippen molar-refractivity contribution in [3.8, 4) is 6.07 Å². The maximum absolute atomic E-state index is 12.8. The quantitative estimate of drug-likeness (QED) is 0.718. The molecule has 0 saturated carbocycles. The molecule has 5 nitrogen and oxygen atoms in total. The fourth-order valence-corrected chi connectivity index (χ4v) is 5.76. The molecule has 25 heavy (non-hydrogen) atoms. The minimum Gasteiger partial charge on any atom is -0.312 e. The van der Waals surface area contributed by atoms with Crippen LogP contribution in [0.1, 0.15) is 57.6 Å². The third kappa shape index (κ3) is 2.48. The van der Waals surface area contributed by atoms with Gasteiger partial charge in [-0.2, -0.15) is 5.26 Å². The predicted molar refractivity (Wildman–Crippen MR) is 101 cm³/mol. The monoisotopic (exact) mass is 370 g/mol. The molecule has 1 aliphatic rings. The maximum atomic E-state index is 12.8. The molecule has 128 valence electrons. The largest absolute Gasteiger partial charge is 0.312 e. The number of carbonyl (C=O) groups is 1. The van der Waals surface area contributed by atoms with Crippen molar-refractivity contribution in [2.75, 3.05) is 5.32 Å². The van der Waals surface area contributed by atoms with E-state index in [2.05, 4.69) is 30.2 Å². The molecule has 0 aliphatic heterocycles. The van der Waals surface area contributed by atoms with Gasteiger partial charge < -0.3 is 5.32 Å². The van der Waals surface area contributed by atoms with Gasteiger partial charge in [0.15, 0.2) is 4.96 Å². The summed E-state index contributed by atoms with van der Waals surface area (Å²) in [5, 5.41) is 13.4. The molecule has 0 spiro atoms. The molecule has 3 aromatic rings. The zero-order valence-corrected chi connectivity index (χ0v) is 15.9. The van der Waals surface area contributed by atoms with Crippen LogP contribution < -0.4 is 5.32 Å². The predicted octanol–water partition coefficient (Wildman–Crippen LogP) is 4.58. The number of aromatic nitrogens is 2. The van der Waals surface area contributed by atoms with E-state index >= 15 is 0 Å². The van der Waals surface area contributed by atoms with Crippen molar-refractivity contribution in [3.63, 3.8) is 0 Å². The van der Waals surface area contributed by atoms with E-state index in [1.165, 1.54) is 16.2 Å². The van der Waals surface area contributed by atoms with E-state index in [0.717, 1.165) is 29.1 Å². The summed E-state index contributed by atoms with van der Waals surface area (Å²) >= 11 is 2.93. The third-order valence-electron chi connectivity index (χ3n) is 5.19. The SMILES string of the molecule is Cc1c(C(=O)Nc2sc3c(c2C#N)C(C)C(C)CC3)sc2nccn12. The highest BCUT2D eigenvalue weighted by Gasteiger charge is 2.30. The molecule has 4 rings (SSSR count). The molecule has 0 fully saturated rings. The number of aryl methyl sites for hydroxylation is 2. The summed E-state index contributed by atoms with van der Waals surface area (Å²) in [4.78, 5) is 19.7. The van der Waals surface area contributed by atoms with E-state index in [9.17, 15) is 10.1 Å². The normalized spacial score (nSPS) is 19.6. The first-order chi connectivity index (χ1) is 12.0. The number of carbonyl (C=O) groups excluding carboxylic acids is 1. The van der Waals surface area contributed by atoms with E-state index in [-0.39, 0.29) is 5.91 Å². The Morgan fingerprint density at radius 3 is 2.96 bits per heavy atom.